The molecule has 3 aliphatic heterocycles. The van der Waals surface area contributed by atoms with E-state index in [2.05, 4.69) is 18.3 Å². The summed E-state index contributed by atoms with van der Waals surface area (Å²) in [5.74, 6) is 1.96. The van der Waals surface area contributed by atoms with Gasteiger partial charge < -0.3 is 19.7 Å². The molecule has 1 aromatic carbocycles. The second-order valence-corrected chi connectivity index (χ2v) is 6.93. The summed E-state index contributed by atoms with van der Waals surface area (Å²) in [6.45, 7) is 5.01. The molecule has 4 rings (SSSR count). The first-order valence-corrected chi connectivity index (χ1v) is 9.25. The highest BCUT2D eigenvalue weighted by Gasteiger charge is 2.28. The summed E-state index contributed by atoms with van der Waals surface area (Å²) in [6, 6.07) is 2.56. The number of carbonyl (C=O) groups excluding carboxylic acids is 1. The second-order valence-electron chi connectivity index (χ2n) is 6.93. The Morgan fingerprint density at radius 1 is 1.29 bits per heavy atom. The average Bonchev–Trinajstić information content (AvgIpc) is 3.27. The molecule has 3 aliphatic rings. The number of benzene rings is 1. The third-order valence-electron chi connectivity index (χ3n) is 5.54. The van der Waals surface area contributed by atoms with Crippen LogP contribution in [0, 0.1) is 0 Å². The molecule has 1 aromatic rings. The maximum atomic E-state index is 12.7. The lowest BCUT2D eigenvalue weighted by atomic mass is 9.99. The van der Waals surface area contributed by atoms with Crippen molar-refractivity contribution in [3.63, 3.8) is 0 Å². The molecule has 0 aliphatic carbocycles. The van der Waals surface area contributed by atoms with Crippen molar-refractivity contribution in [3.8, 4) is 11.5 Å². The van der Waals surface area contributed by atoms with E-state index < -0.39 is 0 Å². The molecule has 0 spiro atoms. The van der Waals surface area contributed by atoms with E-state index in [1.54, 1.807) is 0 Å². The smallest absolute Gasteiger partial charge is 0.317 e. The Morgan fingerprint density at radius 2 is 2.17 bits per heavy atom. The maximum Gasteiger partial charge on any atom is 0.317 e. The summed E-state index contributed by atoms with van der Waals surface area (Å²) < 4.78 is 11.6. The van der Waals surface area contributed by atoms with E-state index >= 15 is 0 Å². The predicted octanol–water partition coefficient (Wildman–Crippen LogP) is 3.03. The summed E-state index contributed by atoms with van der Waals surface area (Å²) in [5.41, 5.74) is 3.54. The summed E-state index contributed by atoms with van der Waals surface area (Å²) >= 11 is 0. The van der Waals surface area contributed by atoms with Crippen LogP contribution in [0.5, 0.6) is 11.5 Å². The number of nitrogens with zero attached hydrogens (tertiary/aromatic N) is 1. The van der Waals surface area contributed by atoms with Crippen LogP contribution in [0.2, 0.25) is 0 Å². The van der Waals surface area contributed by atoms with Crippen molar-refractivity contribution in [1.82, 2.24) is 10.2 Å². The first kappa shape index (κ1) is 15.6. The molecule has 1 fully saturated rings. The lowest BCUT2D eigenvalue weighted by Gasteiger charge is -2.35. The Balaban J connectivity index is 1.51. The summed E-state index contributed by atoms with van der Waals surface area (Å²) in [7, 11) is 0. The summed E-state index contributed by atoms with van der Waals surface area (Å²) in [5, 5.41) is 3.14. The zero-order valence-corrected chi connectivity index (χ0v) is 14.4. The van der Waals surface area contributed by atoms with Gasteiger partial charge in [-0.25, -0.2) is 4.79 Å². The van der Waals surface area contributed by atoms with Crippen LogP contribution in [0.3, 0.4) is 0 Å². The van der Waals surface area contributed by atoms with Gasteiger partial charge >= 0.3 is 6.03 Å². The lowest BCUT2D eigenvalue weighted by Crippen LogP contribution is -2.48. The van der Waals surface area contributed by atoms with E-state index in [4.69, 9.17) is 9.47 Å². The van der Waals surface area contributed by atoms with E-state index in [1.807, 2.05) is 4.90 Å². The summed E-state index contributed by atoms with van der Waals surface area (Å²) in [6.07, 6.45) is 6.32. The van der Waals surface area contributed by atoms with Crippen molar-refractivity contribution < 1.29 is 14.3 Å². The molecule has 0 saturated carbocycles. The van der Waals surface area contributed by atoms with E-state index in [-0.39, 0.29) is 6.03 Å². The monoisotopic (exact) mass is 330 g/mol. The first-order valence-electron chi connectivity index (χ1n) is 9.25. The largest absolute Gasteiger partial charge is 0.493 e. The van der Waals surface area contributed by atoms with E-state index in [9.17, 15) is 4.79 Å². The Morgan fingerprint density at radius 3 is 3.04 bits per heavy atom. The van der Waals surface area contributed by atoms with Crippen LogP contribution >= 0.6 is 0 Å². The number of nitrogens with one attached hydrogen (secondary N) is 1. The van der Waals surface area contributed by atoms with Gasteiger partial charge in [0.05, 0.1) is 13.2 Å². The number of piperidine rings is 1. The minimum atomic E-state index is 0.0600. The zero-order valence-electron chi connectivity index (χ0n) is 14.4. The van der Waals surface area contributed by atoms with Crippen molar-refractivity contribution in [2.24, 2.45) is 0 Å². The Labute approximate surface area is 143 Å². The number of carbonyl (C=O) groups is 1. The molecule has 24 heavy (non-hydrogen) atoms. The molecular weight excluding hydrogens is 304 g/mol. The lowest BCUT2D eigenvalue weighted by molar-refractivity contribution is 0.148. The Hall–Kier alpha value is -1.91. The van der Waals surface area contributed by atoms with Crippen molar-refractivity contribution >= 4 is 6.03 Å². The Kier molecular flexibility index (Phi) is 4.25. The maximum absolute atomic E-state index is 12.7. The van der Waals surface area contributed by atoms with Crippen LogP contribution in [0.4, 0.5) is 4.79 Å². The van der Waals surface area contributed by atoms with Gasteiger partial charge in [-0.05, 0) is 31.7 Å². The topological polar surface area (TPSA) is 50.8 Å². The number of fused-ring (bicyclic) bond motifs is 2. The van der Waals surface area contributed by atoms with Crippen molar-refractivity contribution in [2.45, 2.75) is 58.0 Å². The fourth-order valence-electron chi connectivity index (χ4n) is 4.23. The first-order chi connectivity index (χ1) is 11.8. The van der Waals surface area contributed by atoms with E-state index in [0.29, 0.717) is 12.6 Å². The highest BCUT2D eigenvalue weighted by atomic mass is 16.5. The molecular formula is C19H26N2O3. The van der Waals surface area contributed by atoms with Crippen molar-refractivity contribution in [3.05, 3.63) is 22.8 Å². The average molecular weight is 330 g/mol. The standard InChI is InChI=1S/C19H26N2O3/c1-2-14-5-3-4-8-21(14)19(22)20-12-16-15-7-10-23-17(15)11-13-6-9-24-18(13)16/h11,14H,2-10,12H2,1H3,(H,20,22). The zero-order chi connectivity index (χ0) is 16.5. The third-order valence-corrected chi connectivity index (χ3v) is 5.54. The molecule has 5 heteroatoms. The molecule has 1 N–H and O–H groups in total. The van der Waals surface area contributed by atoms with Gasteiger partial charge in [-0.15, -0.1) is 0 Å². The molecule has 1 atom stereocenters. The number of ether oxygens (including phenoxy) is 2. The molecule has 0 bridgehead atoms. The van der Waals surface area contributed by atoms with Crippen LogP contribution in [-0.2, 0) is 19.4 Å². The predicted molar refractivity (Wildman–Crippen MR) is 91.7 cm³/mol. The van der Waals surface area contributed by atoms with Crippen LogP contribution in [0.25, 0.3) is 0 Å². The molecule has 0 radical (unpaired) electrons. The fraction of sp³-hybridized carbons (Fsp3) is 0.632. The molecule has 2 amide bonds. The van der Waals surface area contributed by atoms with Gasteiger partial charge in [0.15, 0.2) is 0 Å². The van der Waals surface area contributed by atoms with Gasteiger partial charge in [0, 0.05) is 48.7 Å². The van der Waals surface area contributed by atoms with Crippen LogP contribution in [-0.4, -0.2) is 36.7 Å². The molecule has 5 nitrogen and oxygen atoms in total. The van der Waals surface area contributed by atoms with Crippen molar-refractivity contribution in [1.29, 1.82) is 0 Å². The molecule has 1 unspecified atom stereocenters. The highest BCUT2D eigenvalue weighted by Crippen LogP contribution is 2.40. The number of likely N-dealkylation sites (tertiary alicyclic amines) is 1. The molecule has 0 aromatic heterocycles. The van der Waals surface area contributed by atoms with Crippen LogP contribution < -0.4 is 14.8 Å². The number of hydrogen-bond acceptors (Lipinski definition) is 3. The number of rotatable bonds is 3. The minimum Gasteiger partial charge on any atom is -0.493 e. The van der Waals surface area contributed by atoms with Gasteiger partial charge in [0.1, 0.15) is 11.5 Å². The van der Waals surface area contributed by atoms with Gasteiger partial charge in [-0.2, -0.15) is 0 Å². The summed E-state index contributed by atoms with van der Waals surface area (Å²) in [4.78, 5) is 14.7. The highest BCUT2D eigenvalue weighted by molar-refractivity contribution is 5.75. The third kappa shape index (κ3) is 2.70. The van der Waals surface area contributed by atoms with Gasteiger partial charge in [0.2, 0.25) is 0 Å². The van der Waals surface area contributed by atoms with Gasteiger partial charge in [-0.1, -0.05) is 6.92 Å². The number of hydrogen-bond donors (Lipinski definition) is 1. The van der Waals surface area contributed by atoms with Crippen LogP contribution in [0.15, 0.2) is 6.07 Å². The molecule has 130 valence electrons. The second kappa shape index (κ2) is 6.54. The van der Waals surface area contributed by atoms with Gasteiger partial charge in [0.25, 0.3) is 0 Å². The number of urea groups is 1. The van der Waals surface area contributed by atoms with E-state index in [1.165, 1.54) is 17.5 Å². The Bertz CT molecular complexity index is 612. The van der Waals surface area contributed by atoms with Crippen LogP contribution in [0.1, 0.15) is 49.3 Å². The minimum absolute atomic E-state index is 0.0600. The SMILES string of the molecule is CCC1CCCCN1C(=O)NCc1c2c(cc3c1OCC3)OCC2. The molecule has 1 saturated heterocycles. The molecule has 3 heterocycles. The fourth-order valence-corrected chi connectivity index (χ4v) is 4.23. The van der Waals surface area contributed by atoms with E-state index in [0.717, 1.165) is 68.9 Å². The quantitative estimate of drug-likeness (QED) is 0.927. The normalized spacial score (nSPS) is 21.7. The number of amides is 2. The van der Waals surface area contributed by atoms with Crippen molar-refractivity contribution in [2.75, 3.05) is 19.8 Å². The van der Waals surface area contributed by atoms with Gasteiger partial charge in [-0.3, -0.25) is 0 Å².